The Hall–Kier alpha value is -2.38. The summed E-state index contributed by atoms with van der Waals surface area (Å²) in [5, 5.41) is 2.77. The molecule has 6 nitrogen and oxygen atoms in total. The second-order valence-corrected chi connectivity index (χ2v) is 9.56. The third-order valence-electron chi connectivity index (χ3n) is 5.27. The van der Waals surface area contributed by atoms with E-state index in [-0.39, 0.29) is 10.8 Å². The number of benzene rings is 2. The molecule has 1 heterocycles. The van der Waals surface area contributed by atoms with Crippen LogP contribution in [0, 0.1) is 12.8 Å². The van der Waals surface area contributed by atoms with Crippen molar-refractivity contribution in [3.8, 4) is 5.75 Å². The van der Waals surface area contributed by atoms with Crippen molar-refractivity contribution >= 4 is 21.6 Å². The predicted molar refractivity (Wildman–Crippen MR) is 113 cm³/mol. The lowest BCUT2D eigenvalue weighted by Gasteiger charge is -2.29. The fraction of sp³-hybridized carbons (Fsp3) is 0.409. The zero-order chi connectivity index (χ0) is 21.0. The summed E-state index contributed by atoms with van der Waals surface area (Å²) in [7, 11) is -3.50. The maximum atomic E-state index is 12.8. The number of para-hydroxylation sites is 1. The van der Waals surface area contributed by atoms with Crippen molar-refractivity contribution in [2.45, 2.75) is 44.6 Å². The van der Waals surface area contributed by atoms with Crippen LogP contribution in [-0.4, -0.2) is 37.8 Å². The molecule has 29 heavy (non-hydrogen) atoms. The van der Waals surface area contributed by atoms with Gasteiger partial charge in [-0.2, -0.15) is 4.31 Å². The Labute approximate surface area is 172 Å². The molecule has 1 atom stereocenters. The highest BCUT2D eigenvalue weighted by molar-refractivity contribution is 7.89. The molecular weight excluding hydrogens is 388 g/mol. The highest BCUT2D eigenvalue weighted by atomic mass is 32.2. The maximum absolute atomic E-state index is 12.8. The van der Waals surface area contributed by atoms with Crippen LogP contribution < -0.4 is 10.1 Å². The smallest absolute Gasteiger partial charge is 0.265 e. The summed E-state index contributed by atoms with van der Waals surface area (Å²) >= 11 is 0. The minimum atomic E-state index is -3.50. The zero-order valence-electron chi connectivity index (χ0n) is 17.1. The predicted octanol–water partition coefficient (Wildman–Crippen LogP) is 3.82. The Balaban J connectivity index is 1.62. The van der Waals surface area contributed by atoms with E-state index in [0.717, 1.165) is 18.4 Å². The van der Waals surface area contributed by atoms with Crippen molar-refractivity contribution in [1.82, 2.24) is 4.31 Å². The first-order valence-corrected chi connectivity index (χ1v) is 11.3. The van der Waals surface area contributed by atoms with Crippen molar-refractivity contribution in [2.75, 3.05) is 18.4 Å². The van der Waals surface area contributed by atoms with E-state index in [0.29, 0.717) is 30.4 Å². The zero-order valence-corrected chi connectivity index (χ0v) is 17.9. The topological polar surface area (TPSA) is 75.7 Å². The molecule has 0 radical (unpaired) electrons. The number of amides is 1. The lowest BCUT2D eigenvalue weighted by atomic mass is 10.0. The number of piperidine rings is 1. The highest BCUT2D eigenvalue weighted by Gasteiger charge is 2.28. The van der Waals surface area contributed by atoms with Gasteiger partial charge in [-0.15, -0.1) is 0 Å². The van der Waals surface area contributed by atoms with E-state index < -0.39 is 16.1 Å². The molecule has 0 saturated carbocycles. The van der Waals surface area contributed by atoms with E-state index in [4.69, 9.17) is 4.74 Å². The molecule has 2 aromatic carbocycles. The lowest BCUT2D eigenvalue weighted by Crippen LogP contribution is -2.37. The van der Waals surface area contributed by atoms with Crippen molar-refractivity contribution in [1.29, 1.82) is 0 Å². The molecule has 2 aromatic rings. The molecule has 0 aliphatic carbocycles. The van der Waals surface area contributed by atoms with Crippen molar-refractivity contribution in [2.24, 2.45) is 5.92 Å². The largest absolute Gasteiger partial charge is 0.481 e. The molecule has 0 aromatic heterocycles. The monoisotopic (exact) mass is 416 g/mol. The van der Waals surface area contributed by atoms with Crippen LogP contribution in [0.5, 0.6) is 5.75 Å². The van der Waals surface area contributed by atoms with Gasteiger partial charge in [0.2, 0.25) is 10.0 Å². The maximum Gasteiger partial charge on any atom is 0.265 e. The van der Waals surface area contributed by atoms with Gasteiger partial charge >= 0.3 is 0 Å². The number of anilines is 1. The number of hydrogen-bond acceptors (Lipinski definition) is 4. The molecule has 0 bridgehead atoms. The van der Waals surface area contributed by atoms with Crippen LogP contribution >= 0.6 is 0 Å². The fourth-order valence-corrected chi connectivity index (χ4v) is 4.73. The van der Waals surface area contributed by atoms with E-state index in [1.807, 2.05) is 31.2 Å². The Morgan fingerprint density at radius 1 is 1.10 bits per heavy atom. The van der Waals surface area contributed by atoms with Crippen molar-refractivity contribution < 1.29 is 17.9 Å². The number of hydrogen-bond donors (Lipinski definition) is 1. The molecule has 1 amide bonds. The average molecular weight is 417 g/mol. The molecule has 1 aliphatic rings. The average Bonchev–Trinajstić information content (AvgIpc) is 2.70. The van der Waals surface area contributed by atoms with E-state index in [2.05, 4.69) is 12.2 Å². The number of sulfonamides is 1. The van der Waals surface area contributed by atoms with Gasteiger partial charge in [-0.25, -0.2) is 8.42 Å². The van der Waals surface area contributed by atoms with Crippen LogP contribution in [0.3, 0.4) is 0 Å². The third-order valence-corrected chi connectivity index (χ3v) is 7.18. The highest BCUT2D eigenvalue weighted by Crippen LogP contribution is 2.24. The van der Waals surface area contributed by atoms with Gasteiger partial charge < -0.3 is 10.1 Å². The van der Waals surface area contributed by atoms with Crippen molar-refractivity contribution in [3.05, 3.63) is 54.1 Å². The van der Waals surface area contributed by atoms with E-state index in [1.165, 1.54) is 12.1 Å². The Bertz CT molecular complexity index is 949. The van der Waals surface area contributed by atoms with Crippen LogP contribution in [0.2, 0.25) is 0 Å². The first-order valence-electron chi connectivity index (χ1n) is 9.91. The van der Waals surface area contributed by atoms with Crippen LogP contribution in [0.1, 0.15) is 32.3 Å². The molecule has 7 heteroatoms. The lowest BCUT2D eigenvalue weighted by molar-refractivity contribution is -0.122. The van der Waals surface area contributed by atoms with Crippen LogP contribution in [0.4, 0.5) is 5.69 Å². The molecule has 0 unspecified atom stereocenters. The SMILES string of the molecule is Cc1ccccc1O[C@H](C)C(=O)Nc1ccc(S(=O)(=O)N2CCC(C)CC2)cc1. The summed E-state index contributed by atoms with van der Waals surface area (Å²) in [5.41, 5.74) is 1.48. The molecule has 156 valence electrons. The summed E-state index contributed by atoms with van der Waals surface area (Å²) in [6, 6.07) is 13.8. The Kier molecular flexibility index (Phi) is 6.59. The summed E-state index contributed by atoms with van der Waals surface area (Å²) in [6.07, 6.45) is 1.08. The summed E-state index contributed by atoms with van der Waals surface area (Å²) in [4.78, 5) is 12.7. The first kappa shape index (κ1) is 21.3. The van der Waals surface area contributed by atoms with Gasteiger partial charge in [0.25, 0.3) is 5.91 Å². The molecule has 1 N–H and O–H groups in total. The number of carbonyl (C=O) groups excluding carboxylic acids is 1. The van der Waals surface area contributed by atoms with Crippen LogP contribution in [-0.2, 0) is 14.8 Å². The molecule has 1 saturated heterocycles. The molecule has 0 spiro atoms. The second kappa shape index (κ2) is 8.97. The van der Waals surface area contributed by atoms with Gasteiger partial charge in [-0.05, 0) is 68.5 Å². The van der Waals surface area contributed by atoms with Gasteiger partial charge in [0.15, 0.2) is 6.10 Å². The summed E-state index contributed by atoms with van der Waals surface area (Å²) in [6.45, 7) is 6.84. The van der Waals surface area contributed by atoms with Gasteiger partial charge in [0, 0.05) is 18.8 Å². The van der Waals surface area contributed by atoms with Gasteiger partial charge in [0.1, 0.15) is 5.75 Å². The van der Waals surface area contributed by atoms with Gasteiger partial charge in [0.05, 0.1) is 4.90 Å². The Morgan fingerprint density at radius 2 is 1.72 bits per heavy atom. The number of ether oxygens (including phenoxy) is 1. The van der Waals surface area contributed by atoms with Gasteiger partial charge in [-0.1, -0.05) is 25.1 Å². The number of carbonyl (C=O) groups is 1. The van der Waals surface area contributed by atoms with E-state index in [1.54, 1.807) is 23.4 Å². The molecule has 3 rings (SSSR count). The minimum Gasteiger partial charge on any atom is -0.481 e. The fourth-order valence-electron chi connectivity index (χ4n) is 3.26. The van der Waals surface area contributed by atoms with E-state index in [9.17, 15) is 13.2 Å². The molecule has 1 fully saturated rings. The molecular formula is C22H28N2O4S. The number of nitrogens with zero attached hydrogens (tertiary/aromatic N) is 1. The van der Waals surface area contributed by atoms with E-state index >= 15 is 0 Å². The molecule has 1 aliphatic heterocycles. The summed E-state index contributed by atoms with van der Waals surface area (Å²) < 4.78 is 32.8. The minimum absolute atomic E-state index is 0.245. The summed E-state index contributed by atoms with van der Waals surface area (Å²) in [5.74, 6) is 0.921. The van der Waals surface area contributed by atoms with Crippen LogP contribution in [0.15, 0.2) is 53.4 Å². The number of nitrogens with one attached hydrogen (secondary N) is 1. The standard InChI is InChI=1S/C22H28N2O4S/c1-16-12-14-24(15-13-16)29(26,27)20-10-8-19(9-11-20)23-22(25)18(3)28-21-7-5-4-6-17(21)2/h4-11,16,18H,12-15H2,1-3H3,(H,23,25)/t18-/m1/s1. The quantitative estimate of drug-likeness (QED) is 0.777. The first-order chi connectivity index (χ1) is 13.8. The number of rotatable bonds is 6. The third kappa shape index (κ3) is 5.16. The van der Waals surface area contributed by atoms with Crippen molar-refractivity contribution in [3.63, 3.8) is 0 Å². The second-order valence-electron chi connectivity index (χ2n) is 7.63. The van der Waals surface area contributed by atoms with Gasteiger partial charge in [-0.3, -0.25) is 4.79 Å². The number of aryl methyl sites for hydroxylation is 1. The van der Waals surface area contributed by atoms with Crippen LogP contribution in [0.25, 0.3) is 0 Å². The normalized spacial score (nSPS) is 16.9. The Morgan fingerprint density at radius 3 is 2.34 bits per heavy atom.